The molecule has 0 radical (unpaired) electrons. The SMILES string of the molecule is CCCN1[C@@H](c2ccc([N+](=O)[O-])cc2)OC(C#N)(C#N)[C@H]1c1ccc2c(c1)OCO2. The van der Waals surface area contributed by atoms with E-state index in [9.17, 15) is 20.6 Å². The van der Waals surface area contributed by atoms with Crippen molar-refractivity contribution < 1.29 is 19.1 Å². The number of nitro groups is 1. The predicted octanol–water partition coefficient (Wildman–Crippen LogP) is 3.59. The monoisotopic (exact) mass is 406 g/mol. The lowest BCUT2D eigenvalue weighted by atomic mass is 9.90. The summed E-state index contributed by atoms with van der Waals surface area (Å²) in [6, 6.07) is 14.7. The Bertz CT molecular complexity index is 1040. The molecule has 0 N–H and O–H groups in total. The molecule has 0 amide bonds. The molecule has 152 valence electrons. The Morgan fingerprint density at radius 2 is 1.80 bits per heavy atom. The van der Waals surface area contributed by atoms with E-state index >= 15 is 0 Å². The van der Waals surface area contributed by atoms with Crippen LogP contribution in [0, 0.1) is 32.8 Å². The van der Waals surface area contributed by atoms with Crippen molar-refractivity contribution in [2.75, 3.05) is 13.3 Å². The zero-order valence-electron chi connectivity index (χ0n) is 16.1. The van der Waals surface area contributed by atoms with E-state index in [1.54, 1.807) is 30.3 Å². The number of nitriles is 2. The number of hydrogen-bond donors (Lipinski definition) is 0. The van der Waals surface area contributed by atoms with Gasteiger partial charge in [0.05, 0.1) is 11.0 Å². The number of benzene rings is 2. The molecule has 9 heteroatoms. The van der Waals surface area contributed by atoms with Crippen LogP contribution in [0.1, 0.15) is 36.7 Å². The first-order chi connectivity index (χ1) is 14.5. The van der Waals surface area contributed by atoms with Gasteiger partial charge in [0.2, 0.25) is 6.79 Å². The summed E-state index contributed by atoms with van der Waals surface area (Å²) >= 11 is 0. The molecule has 4 rings (SSSR count). The highest BCUT2D eigenvalue weighted by Crippen LogP contribution is 2.50. The first kappa shape index (κ1) is 19.6. The first-order valence-electron chi connectivity index (χ1n) is 9.43. The van der Waals surface area contributed by atoms with Gasteiger partial charge in [0.15, 0.2) is 11.5 Å². The van der Waals surface area contributed by atoms with Crippen molar-refractivity contribution in [3.8, 4) is 23.6 Å². The molecule has 1 saturated heterocycles. The van der Waals surface area contributed by atoms with Crippen LogP contribution in [0.4, 0.5) is 5.69 Å². The maximum Gasteiger partial charge on any atom is 0.269 e. The molecule has 0 aromatic heterocycles. The maximum atomic E-state index is 11.0. The van der Waals surface area contributed by atoms with Crippen molar-refractivity contribution in [3.63, 3.8) is 0 Å². The minimum Gasteiger partial charge on any atom is -0.454 e. The van der Waals surface area contributed by atoms with E-state index in [0.29, 0.717) is 29.2 Å². The highest BCUT2D eigenvalue weighted by Gasteiger charge is 2.56. The third-order valence-corrected chi connectivity index (χ3v) is 5.23. The molecule has 2 atom stereocenters. The summed E-state index contributed by atoms with van der Waals surface area (Å²) in [6.45, 7) is 2.65. The Kier molecular flexibility index (Phi) is 5.00. The summed E-state index contributed by atoms with van der Waals surface area (Å²) in [5.74, 6) is 1.15. The lowest BCUT2D eigenvalue weighted by Gasteiger charge is -2.29. The van der Waals surface area contributed by atoms with Crippen LogP contribution in [-0.4, -0.2) is 28.8 Å². The number of non-ortho nitro benzene ring substituents is 1. The van der Waals surface area contributed by atoms with Crippen molar-refractivity contribution in [3.05, 3.63) is 63.7 Å². The van der Waals surface area contributed by atoms with E-state index in [4.69, 9.17) is 14.2 Å². The van der Waals surface area contributed by atoms with Crippen molar-refractivity contribution in [1.29, 1.82) is 10.5 Å². The lowest BCUT2D eigenvalue weighted by molar-refractivity contribution is -0.384. The average molecular weight is 406 g/mol. The Labute approximate surface area is 172 Å². The van der Waals surface area contributed by atoms with Crippen LogP contribution in [0.25, 0.3) is 0 Å². The maximum absolute atomic E-state index is 11.0. The average Bonchev–Trinajstić information content (AvgIpc) is 3.36. The molecule has 9 nitrogen and oxygen atoms in total. The van der Waals surface area contributed by atoms with Crippen LogP contribution in [-0.2, 0) is 4.74 Å². The Morgan fingerprint density at radius 3 is 2.43 bits per heavy atom. The van der Waals surface area contributed by atoms with Gasteiger partial charge in [-0.3, -0.25) is 15.0 Å². The molecule has 2 aliphatic heterocycles. The second-order valence-corrected chi connectivity index (χ2v) is 7.03. The summed E-state index contributed by atoms with van der Waals surface area (Å²) in [6.07, 6.45) is 0.0429. The van der Waals surface area contributed by atoms with E-state index in [0.717, 1.165) is 6.42 Å². The molecule has 30 heavy (non-hydrogen) atoms. The van der Waals surface area contributed by atoms with Gasteiger partial charge in [-0.2, -0.15) is 10.5 Å². The lowest BCUT2D eigenvalue weighted by Crippen LogP contribution is -2.36. The van der Waals surface area contributed by atoms with Gasteiger partial charge < -0.3 is 14.2 Å². The second-order valence-electron chi connectivity index (χ2n) is 7.03. The van der Waals surface area contributed by atoms with Crippen molar-refractivity contribution >= 4 is 5.69 Å². The number of nitro benzene ring substituents is 1. The fraction of sp³-hybridized carbons (Fsp3) is 0.333. The molecule has 2 aromatic carbocycles. The fourth-order valence-corrected chi connectivity index (χ4v) is 3.91. The summed E-state index contributed by atoms with van der Waals surface area (Å²) in [4.78, 5) is 12.4. The second kappa shape index (κ2) is 7.64. The van der Waals surface area contributed by atoms with Crippen LogP contribution in [0.2, 0.25) is 0 Å². The van der Waals surface area contributed by atoms with Gasteiger partial charge in [-0.05, 0) is 41.8 Å². The molecule has 2 heterocycles. The van der Waals surface area contributed by atoms with Gasteiger partial charge in [0.1, 0.15) is 18.4 Å². The molecule has 0 unspecified atom stereocenters. The highest BCUT2D eigenvalue weighted by atomic mass is 16.7. The number of hydrogen-bond acceptors (Lipinski definition) is 8. The van der Waals surface area contributed by atoms with Gasteiger partial charge >= 0.3 is 0 Å². The van der Waals surface area contributed by atoms with Crippen LogP contribution < -0.4 is 9.47 Å². The minimum atomic E-state index is -1.75. The zero-order valence-corrected chi connectivity index (χ0v) is 16.1. The predicted molar refractivity (Wildman–Crippen MR) is 103 cm³/mol. The van der Waals surface area contributed by atoms with E-state index < -0.39 is 22.8 Å². The van der Waals surface area contributed by atoms with Gasteiger partial charge in [0, 0.05) is 18.7 Å². The fourth-order valence-electron chi connectivity index (χ4n) is 3.91. The Morgan fingerprint density at radius 1 is 1.13 bits per heavy atom. The molecule has 2 aromatic rings. The van der Waals surface area contributed by atoms with Gasteiger partial charge in [0.25, 0.3) is 11.3 Å². The molecular formula is C21H18N4O5. The molecule has 2 aliphatic rings. The van der Waals surface area contributed by atoms with E-state index in [1.165, 1.54) is 12.1 Å². The largest absolute Gasteiger partial charge is 0.454 e. The van der Waals surface area contributed by atoms with Crippen LogP contribution >= 0.6 is 0 Å². The third-order valence-electron chi connectivity index (χ3n) is 5.23. The summed E-state index contributed by atoms with van der Waals surface area (Å²) in [5, 5.41) is 30.9. The van der Waals surface area contributed by atoms with E-state index in [2.05, 4.69) is 12.1 Å². The molecule has 0 aliphatic carbocycles. The number of rotatable bonds is 5. The molecule has 0 bridgehead atoms. The van der Waals surface area contributed by atoms with Crippen LogP contribution in [0.3, 0.4) is 0 Å². The van der Waals surface area contributed by atoms with Crippen molar-refractivity contribution in [1.82, 2.24) is 4.90 Å². The molecule has 1 fully saturated rings. The van der Waals surface area contributed by atoms with Crippen molar-refractivity contribution in [2.24, 2.45) is 0 Å². The quantitative estimate of drug-likeness (QED) is 0.545. The van der Waals surface area contributed by atoms with Gasteiger partial charge in [-0.15, -0.1) is 0 Å². The Hall–Kier alpha value is -3.66. The van der Waals surface area contributed by atoms with Crippen molar-refractivity contribution in [2.45, 2.75) is 31.2 Å². The Balaban J connectivity index is 1.79. The summed E-state index contributed by atoms with van der Waals surface area (Å²) < 4.78 is 16.9. The summed E-state index contributed by atoms with van der Waals surface area (Å²) in [5.41, 5.74) is -0.472. The number of fused-ring (bicyclic) bond motifs is 1. The van der Waals surface area contributed by atoms with Gasteiger partial charge in [-0.25, -0.2) is 0 Å². The number of ether oxygens (including phenoxy) is 3. The molecule has 0 spiro atoms. The molecule has 0 saturated carbocycles. The van der Waals surface area contributed by atoms with Crippen LogP contribution in [0.15, 0.2) is 42.5 Å². The van der Waals surface area contributed by atoms with E-state index in [-0.39, 0.29) is 12.5 Å². The first-order valence-corrected chi connectivity index (χ1v) is 9.43. The zero-order chi connectivity index (χ0) is 21.3. The summed E-state index contributed by atoms with van der Waals surface area (Å²) in [7, 11) is 0. The molecular weight excluding hydrogens is 388 g/mol. The number of nitrogens with zero attached hydrogens (tertiary/aromatic N) is 4. The van der Waals surface area contributed by atoms with E-state index in [1.807, 2.05) is 11.8 Å². The third kappa shape index (κ3) is 3.11. The minimum absolute atomic E-state index is 0.0436. The normalized spacial score (nSPS) is 21.7. The van der Waals surface area contributed by atoms with Gasteiger partial charge in [-0.1, -0.05) is 13.0 Å². The topological polar surface area (TPSA) is 122 Å². The standard InChI is InChI=1S/C21H18N4O5/c1-2-9-24-19(15-5-8-17-18(10-15)29-13-28-17)21(11-22,12-23)30-20(24)14-3-6-16(7-4-14)25(26)27/h3-8,10,19-20H,2,9,13H2,1H3/t19-,20-/m1/s1. The smallest absolute Gasteiger partial charge is 0.269 e. The highest BCUT2D eigenvalue weighted by molar-refractivity contribution is 5.48. The van der Waals surface area contributed by atoms with Crippen LogP contribution in [0.5, 0.6) is 11.5 Å².